The van der Waals surface area contributed by atoms with Gasteiger partial charge in [-0.2, -0.15) is 22.2 Å². The molecule has 44 valence electrons. The fourth-order valence-corrected chi connectivity index (χ4v) is 0. The number of allylic oxidation sites excluding steroid dienone is 1. The SMILES string of the molecule is C=C(C)C.Cl[SiH2]Cl. The molecule has 0 saturated carbocycles. The Morgan fingerprint density at radius 2 is 1.43 bits per heavy atom. The first-order chi connectivity index (χ1) is 3.15. The van der Waals surface area contributed by atoms with Crippen molar-refractivity contribution in [2.75, 3.05) is 0 Å². The summed E-state index contributed by atoms with van der Waals surface area (Å²) in [5.74, 6) is 0. The Morgan fingerprint density at radius 1 is 1.43 bits per heavy atom. The molecule has 0 amide bonds. The smallest absolute Gasteiger partial charge is 0.155 e. The molecule has 0 heterocycles. The van der Waals surface area contributed by atoms with Crippen LogP contribution in [0.15, 0.2) is 12.2 Å². The average Bonchev–Trinajstić information content (AvgIpc) is 1.33. The topological polar surface area (TPSA) is 0 Å². The molecule has 0 aromatic carbocycles. The van der Waals surface area contributed by atoms with Gasteiger partial charge in [-0.05, 0) is 13.8 Å². The van der Waals surface area contributed by atoms with Crippen LogP contribution in [0.4, 0.5) is 0 Å². The molecule has 0 unspecified atom stereocenters. The highest BCUT2D eigenvalue weighted by atomic mass is 35.7. The van der Waals surface area contributed by atoms with Crippen LogP contribution in [0, 0.1) is 0 Å². The van der Waals surface area contributed by atoms with E-state index in [1.807, 2.05) is 13.8 Å². The highest BCUT2D eigenvalue weighted by Gasteiger charge is 1.51. The largest absolute Gasteiger partial charge is 0.222 e. The molecule has 7 heavy (non-hydrogen) atoms. The Balaban J connectivity index is 0. The van der Waals surface area contributed by atoms with Crippen molar-refractivity contribution in [3.8, 4) is 0 Å². The first kappa shape index (κ1) is 10.5. The van der Waals surface area contributed by atoms with Crippen LogP contribution in [0.1, 0.15) is 13.8 Å². The predicted octanol–water partition coefficient (Wildman–Crippen LogP) is 2.05. The van der Waals surface area contributed by atoms with Crippen molar-refractivity contribution in [2.24, 2.45) is 0 Å². The van der Waals surface area contributed by atoms with E-state index < -0.39 is 8.14 Å². The van der Waals surface area contributed by atoms with Gasteiger partial charge in [-0.25, -0.2) is 0 Å². The Kier molecular flexibility index (Phi) is 14.6. The standard InChI is InChI=1S/C4H8.Cl2H2Si/c1-4(2)3;1-3-2/h1H2,2-3H3;3H2. The van der Waals surface area contributed by atoms with Crippen molar-refractivity contribution < 1.29 is 0 Å². The van der Waals surface area contributed by atoms with Gasteiger partial charge in [0, 0.05) is 0 Å². The number of hydrogen-bond donors (Lipinski definition) is 0. The van der Waals surface area contributed by atoms with Gasteiger partial charge in [-0.3, -0.25) is 0 Å². The summed E-state index contributed by atoms with van der Waals surface area (Å²) in [6.45, 7) is 7.50. The summed E-state index contributed by atoms with van der Waals surface area (Å²) in [4.78, 5) is 0. The number of rotatable bonds is 0. The summed E-state index contributed by atoms with van der Waals surface area (Å²) in [5.41, 5.74) is 1.17. The maximum absolute atomic E-state index is 4.90. The fourth-order valence-electron chi connectivity index (χ4n) is 0. The molecule has 0 atom stereocenters. The van der Waals surface area contributed by atoms with E-state index in [-0.39, 0.29) is 0 Å². The van der Waals surface area contributed by atoms with Gasteiger partial charge >= 0.3 is 0 Å². The quantitative estimate of drug-likeness (QED) is 0.287. The summed E-state index contributed by atoms with van der Waals surface area (Å²) in [6.07, 6.45) is 0. The summed E-state index contributed by atoms with van der Waals surface area (Å²) in [6, 6.07) is 0. The van der Waals surface area contributed by atoms with Gasteiger partial charge in [-0.1, -0.05) is 5.57 Å². The zero-order valence-corrected chi connectivity index (χ0v) is 7.60. The average molecular weight is 157 g/mol. The van der Waals surface area contributed by atoms with Crippen LogP contribution >= 0.6 is 22.2 Å². The van der Waals surface area contributed by atoms with Gasteiger partial charge in [0.15, 0.2) is 0 Å². The van der Waals surface area contributed by atoms with E-state index in [9.17, 15) is 0 Å². The molecule has 0 nitrogen and oxygen atoms in total. The minimum absolute atomic E-state index is 0.639. The summed E-state index contributed by atoms with van der Waals surface area (Å²) < 4.78 is 0. The van der Waals surface area contributed by atoms with Crippen LogP contribution in [0.5, 0.6) is 0 Å². The molecule has 0 aliphatic rings. The Morgan fingerprint density at radius 3 is 1.43 bits per heavy atom. The number of hydrogen-bond acceptors (Lipinski definition) is 0. The zero-order chi connectivity index (χ0) is 6.28. The third-order valence-electron chi connectivity index (χ3n) is 0. The van der Waals surface area contributed by atoms with E-state index in [2.05, 4.69) is 6.58 Å². The second-order valence-electron chi connectivity index (χ2n) is 1.31. The van der Waals surface area contributed by atoms with E-state index in [0.717, 1.165) is 0 Å². The lowest BCUT2D eigenvalue weighted by Crippen LogP contribution is -1.43. The van der Waals surface area contributed by atoms with Crippen molar-refractivity contribution in [3.05, 3.63) is 12.2 Å². The van der Waals surface area contributed by atoms with Crippen LogP contribution in [0.2, 0.25) is 0 Å². The Hall–Kier alpha value is 0.537. The molecule has 0 aliphatic carbocycles. The van der Waals surface area contributed by atoms with Gasteiger partial charge in [-0.15, -0.1) is 6.58 Å². The molecule has 0 saturated heterocycles. The van der Waals surface area contributed by atoms with E-state index >= 15 is 0 Å². The minimum Gasteiger partial charge on any atom is -0.155 e. The van der Waals surface area contributed by atoms with Crippen molar-refractivity contribution in [1.82, 2.24) is 0 Å². The van der Waals surface area contributed by atoms with Crippen LogP contribution in [0.3, 0.4) is 0 Å². The van der Waals surface area contributed by atoms with Gasteiger partial charge in [0.1, 0.15) is 0 Å². The van der Waals surface area contributed by atoms with Gasteiger partial charge < -0.3 is 0 Å². The molecular formula is C4H10Cl2Si. The lowest BCUT2D eigenvalue weighted by Gasteiger charge is -1.65. The van der Waals surface area contributed by atoms with Crippen LogP contribution in [0.25, 0.3) is 0 Å². The van der Waals surface area contributed by atoms with Crippen LogP contribution < -0.4 is 0 Å². The first-order valence-corrected chi connectivity index (χ1v) is 6.16. The van der Waals surface area contributed by atoms with Gasteiger partial charge in [0.05, 0.1) is 0 Å². The zero-order valence-electron chi connectivity index (χ0n) is 4.67. The molecule has 0 aromatic rings. The third kappa shape index (κ3) is 467. The molecular weight excluding hydrogens is 147 g/mol. The maximum Gasteiger partial charge on any atom is 0.222 e. The molecule has 3 heteroatoms. The molecule has 0 fully saturated rings. The Labute approximate surface area is 56.7 Å². The van der Waals surface area contributed by atoms with Crippen molar-refractivity contribution in [3.63, 3.8) is 0 Å². The second kappa shape index (κ2) is 9.74. The molecule has 0 spiro atoms. The van der Waals surface area contributed by atoms with Crippen LogP contribution in [-0.2, 0) is 0 Å². The summed E-state index contributed by atoms with van der Waals surface area (Å²) in [5, 5.41) is 0. The van der Waals surface area contributed by atoms with Crippen molar-refractivity contribution in [1.29, 1.82) is 0 Å². The maximum atomic E-state index is 4.90. The van der Waals surface area contributed by atoms with Crippen molar-refractivity contribution in [2.45, 2.75) is 13.8 Å². The van der Waals surface area contributed by atoms with Crippen LogP contribution in [-0.4, -0.2) is 8.14 Å². The number of halogens is 2. The molecule has 0 rings (SSSR count). The van der Waals surface area contributed by atoms with E-state index in [1.165, 1.54) is 5.57 Å². The highest BCUT2D eigenvalue weighted by Crippen LogP contribution is 1.73. The molecule has 0 bridgehead atoms. The van der Waals surface area contributed by atoms with Crippen molar-refractivity contribution >= 4 is 30.3 Å². The Bertz CT molecular complexity index is 41.0. The highest BCUT2D eigenvalue weighted by molar-refractivity contribution is 7.22. The fraction of sp³-hybridized carbons (Fsp3) is 0.500. The lowest BCUT2D eigenvalue weighted by molar-refractivity contribution is 1.42. The van der Waals surface area contributed by atoms with Gasteiger partial charge in [0.2, 0.25) is 8.14 Å². The monoisotopic (exact) mass is 156 g/mol. The third-order valence-corrected chi connectivity index (χ3v) is 0. The van der Waals surface area contributed by atoms with E-state index in [4.69, 9.17) is 22.2 Å². The minimum atomic E-state index is -0.639. The normalized spacial score (nSPS) is 6.29. The lowest BCUT2D eigenvalue weighted by atomic mass is 10.4. The summed E-state index contributed by atoms with van der Waals surface area (Å²) >= 11 is 9.81. The molecule has 0 aliphatic heterocycles. The molecule has 0 N–H and O–H groups in total. The first-order valence-electron chi connectivity index (χ1n) is 1.89. The second-order valence-corrected chi connectivity index (χ2v) is 3.93. The van der Waals surface area contributed by atoms with E-state index in [0.29, 0.717) is 0 Å². The van der Waals surface area contributed by atoms with E-state index in [1.54, 1.807) is 0 Å². The molecule has 0 aromatic heterocycles. The molecule has 0 radical (unpaired) electrons. The summed E-state index contributed by atoms with van der Waals surface area (Å²) in [7, 11) is -0.639. The van der Waals surface area contributed by atoms with Gasteiger partial charge in [0.25, 0.3) is 0 Å². The predicted molar refractivity (Wildman–Crippen MR) is 40.7 cm³/mol.